The summed E-state index contributed by atoms with van der Waals surface area (Å²) in [5.41, 5.74) is 1.03. The molecule has 2 unspecified atom stereocenters. The van der Waals surface area contributed by atoms with Gasteiger partial charge < -0.3 is 4.74 Å². The van der Waals surface area contributed by atoms with Crippen molar-refractivity contribution < 1.29 is 9.53 Å². The lowest BCUT2D eigenvalue weighted by Gasteiger charge is -2.48. The molecule has 2 fully saturated rings. The molecule has 1 aromatic rings. The van der Waals surface area contributed by atoms with Crippen molar-refractivity contribution in [3.05, 3.63) is 35.9 Å². The zero-order valence-corrected chi connectivity index (χ0v) is 15.6. The van der Waals surface area contributed by atoms with Gasteiger partial charge in [0, 0.05) is 24.7 Å². The molecule has 132 valence electrons. The van der Waals surface area contributed by atoms with E-state index in [1.165, 1.54) is 18.4 Å². The molecule has 1 saturated carbocycles. The minimum absolute atomic E-state index is 0.0506. The van der Waals surface area contributed by atoms with Gasteiger partial charge in [-0.3, -0.25) is 9.80 Å². The number of rotatable bonds is 2. The average molecular weight is 330 g/mol. The quantitative estimate of drug-likeness (QED) is 0.814. The van der Waals surface area contributed by atoms with E-state index in [4.69, 9.17) is 4.74 Å². The van der Waals surface area contributed by atoms with Crippen LogP contribution in [0.2, 0.25) is 0 Å². The Labute approximate surface area is 145 Å². The van der Waals surface area contributed by atoms with E-state index in [0.29, 0.717) is 18.1 Å². The van der Waals surface area contributed by atoms with Crippen LogP contribution in [0.25, 0.3) is 0 Å². The van der Waals surface area contributed by atoms with E-state index >= 15 is 0 Å². The number of hydrogen-bond acceptors (Lipinski definition) is 3. The van der Waals surface area contributed by atoms with Gasteiger partial charge in [-0.2, -0.15) is 0 Å². The number of ether oxygens (including phenoxy) is 1. The van der Waals surface area contributed by atoms with Crippen LogP contribution in [0, 0.1) is 0 Å². The number of hydrogen-bond donors (Lipinski definition) is 0. The third-order valence-electron chi connectivity index (χ3n) is 5.22. The lowest BCUT2D eigenvalue weighted by molar-refractivity contribution is -0.0262. The van der Waals surface area contributed by atoms with Crippen molar-refractivity contribution in [1.29, 1.82) is 0 Å². The Bertz CT molecular complexity index is 589. The van der Waals surface area contributed by atoms with Crippen molar-refractivity contribution in [1.82, 2.24) is 9.80 Å². The normalized spacial score (nSPS) is 27.0. The molecule has 1 aliphatic heterocycles. The van der Waals surface area contributed by atoms with Gasteiger partial charge in [0.05, 0.1) is 6.04 Å². The first-order chi connectivity index (χ1) is 11.2. The molecule has 0 bridgehead atoms. The Kier molecular flexibility index (Phi) is 4.37. The fourth-order valence-corrected chi connectivity index (χ4v) is 3.68. The molecule has 0 aromatic heterocycles. The zero-order chi connectivity index (χ0) is 17.5. The maximum atomic E-state index is 12.8. The predicted molar refractivity (Wildman–Crippen MR) is 95.9 cm³/mol. The smallest absolute Gasteiger partial charge is 0.410 e. The van der Waals surface area contributed by atoms with Crippen molar-refractivity contribution in [2.24, 2.45) is 0 Å². The lowest BCUT2D eigenvalue weighted by atomic mass is 9.98. The molecule has 24 heavy (non-hydrogen) atoms. The van der Waals surface area contributed by atoms with E-state index in [9.17, 15) is 4.79 Å². The van der Waals surface area contributed by atoms with Gasteiger partial charge in [-0.05, 0) is 53.0 Å². The van der Waals surface area contributed by atoms with Crippen LogP contribution in [0.5, 0.6) is 0 Å². The van der Waals surface area contributed by atoms with Crippen LogP contribution in [0.3, 0.4) is 0 Å². The minimum atomic E-state index is -0.471. The molecule has 4 heteroatoms. The summed E-state index contributed by atoms with van der Waals surface area (Å²) in [7, 11) is 0. The van der Waals surface area contributed by atoms with Crippen LogP contribution in [-0.2, 0) is 4.74 Å². The lowest BCUT2D eigenvalue weighted by Crippen LogP contribution is -2.58. The number of benzene rings is 1. The topological polar surface area (TPSA) is 32.8 Å². The third-order valence-corrected chi connectivity index (χ3v) is 5.22. The second kappa shape index (κ2) is 6.07. The average Bonchev–Trinajstić information content (AvgIpc) is 3.24. The van der Waals surface area contributed by atoms with Gasteiger partial charge in [-0.1, -0.05) is 30.3 Å². The van der Waals surface area contributed by atoms with Gasteiger partial charge in [0.2, 0.25) is 0 Å². The molecule has 1 saturated heterocycles. The maximum absolute atomic E-state index is 12.8. The molecule has 0 spiro atoms. The summed E-state index contributed by atoms with van der Waals surface area (Å²) >= 11 is 0. The molecule has 2 aliphatic rings. The standard InChI is InChI=1S/C20H30N2O2/c1-15-13-21(18(23)24-19(2,3)4)17(16-9-7-6-8-10-16)14-22(15)20(5)11-12-20/h6-10,15,17H,11-14H2,1-5H3. The van der Waals surface area contributed by atoms with Crippen molar-refractivity contribution in [2.75, 3.05) is 13.1 Å². The molecule has 1 heterocycles. The van der Waals surface area contributed by atoms with E-state index in [1.54, 1.807) is 0 Å². The maximum Gasteiger partial charge on any atom is 0.410 e. The van der Waals surface area contributed by atoms with Crippen LogP contribution in [0.4, 0.5) is 4.79 Å². The van der Waals surface area contributed by atoms with Gasteiger partial charge in [-0.25, -0.2) is 4.79 Å². The first-order valence-electron chi connectivity index (χ1n) is 9.01. The molecule has 4 nitrogen and oxygen atoms in total. The predicted octanol–water partition coefficient (Wildman–Crippen LogP) is 4.22. The molecule has 1 amide bonds. The summed E-state index contributed by atoms with van der Waals surface area (Å²) in [5, 5.41) is 0. The Morgan fingerprint density at radius 1 is 1.17 bits per heavy atom. The minimum Gasteiger partial charge on any atom is -0.444 e. The SMILES string of the molecule is CC1CN(C(=O)OC(C)(C)C)C(c2ccccc2)CN1C1(C)CC1. The molecular formula is C20H30N2O2. The summed E-state index contributed by atoms with van der Waals surface area (Å²) < 4.78 is 5.68. The summed E-state index contributed by atoms with van der Waals surface area (Å²) in [6.07, 6.45) is 2.31. The molecule has 0 radical (unpaired) electrons. The van der Waals surface area contributed by atoms with Crippen LogP contribution >= 0.6 is 0 Å². The largest absolute Gasteiger partial charge is 0.444 e. The first kappa shape index (κ1) is 17.3. The first-order valence-corrected chi connectivity index (χ1v) is 9.01. The Balaban J connectivity index is 1.86. The van der Waals surface area contributed by atoms with Crippen LogP contribution in [0.15, 0.2) is 30.3 Å². The summed E-state index contributed by atoms with van der Waals surface area (Å²) in [5.74, 6) is 0. The van der Waals surface area contributed by atoms with Crippen molar-refractivity contribution in [2.45, 2.75) is 70.7 Å². The van der Waals surface area contributed by atoms with Gasteiger partial charge in [-0.15, -0.1) is 0 Å². The number of nitrogens with zero attached hydrogens (tertiary/aromatic N) is 2. The van der Waals surface area contributed by atoms with E-state index in [2.05, 4.69) is 30.9 Å². The molecular weight excluding hydrogens is 300 g/mol. The van der Waals surface area contributed by atoms with E-state index < -0.39 is 5.60 Å². The highest BCUT2D eigenvalue weighted by Crippen LogP contribution is 2.45. The van der Waals surface area contributed by atoms with Gasteiger partial charge >= 0.3 is 6.09 Å². The third kappa shape index (κ3) is 3.59. The number of piperazine rings is 1. The fourth-order valence-electron chi connectivity index (χ4n) is 3.68. The highest BCUT2D eigenvalue weighted by atomic mass is 16.6. The summed E-state index contributed by atoms with van der Waals surface area (Å²) in [6, 6.07) is 10.7. The second-order valence-electron chi connectivity index (χ2n) is 8.56. The van der Waals surface area contributed by atoms with Gasteiger partial charge in [0.15, 0.2) is 0 Å². The zero-order valence-electron chi connectivity index (χ0n) is 15.6. The number of amides is 1. The van der Waals surface area contributed by atoms with Crippen molar-refractivity contribution >= 4 is 6.09 Å². The molecule has 2 atom stereocenters. The Morgan fingerprint density at radius 3 is 2.33 bits per heavy atom. The van der Waals surface area contributed by atoms with E-state index in [0.717, 1.165) is 6.54 Å². The fraction of sp³-hybridized carbons (Fsp3) is 0.650. The number of carbonyl (C=O) groups is 1. The molecule has 0 N–H and O–H groups in total. The van der Waals surface area contributed by atoms with E-state index in [1.807, 2.05) is 43.9 Å². The Hall–Kier alpha value is -1.55. The van der Waals surface area contributed by atoms with Crippen LogP contribution < -0.4 is 0 Å². The highest BCUT2D eigenvalue weighted by molar-refractivity contribution is 5.69. The van der Waals surface area contributed by atoms with Gasteiger partial charge in [0.25, 0.3) is 0 Å². The molecule has 1 aliphatic carbocycles. The monoisotopic (exact) mass is 330 g/mol. The van der Waals surface area contributed by atoms with E-state index in [-0.39, 0.29) is 12.1 Å². The summed E-state index contributed by atoms with van der Waals surface area (Å²) in [4.78, 5) is 17.3. The number of carbonyl (C=O) groups excluding carboxylic acids is 1. The summed E-state index contributed by atoms with van der Waals surface area (Å²) in [6.45, 7) is 11.9. The molecule has 1 aromatic carbocycles. The second-order valence-corrected chi connectivity index (χ2v) is 8.56. The van der Waals surface area contributed by atoms with Crippen molar-refractivity contribution in [3.63, 3.8) is 0 Å². The van der Waals surface area contributed by atoms with Crippen LogP contribution in [-0.4, -0.2) is 46.2 Å². The van der Waals surface area contributed by atoms with Crippen LogP contribution in [0.1, 0.15) is 59.1 Å². The molecule has 3 rings (SSSR count). The van der Waals surface area contributed by atoms with Gasteiger partial charge in [0.1, 0.15) is 5.60 Å². The van der Waals surface area contributed by atoms with Crippen molar-refractivity contribution in [3.8, 4) is 0 Å². The highest BCUT2D eigenvalue weighted by Gasteiger charge is 2.49. The Morgan fingerprint density at radius 2 is 1.79 bits per heavy atom.